The molecule has 102 valence electrons. The van der Waals surface area contributed by atoms with Gasteiger partial charge in [0, 0.05) is 0 Å². The van der Waals surface area contributed by atoms with Gasteiger partial charge in [-0.15, -0.1) is 0 Å². The van der Waals surface area contributed by atoms with Crippen molar-refractivity contribution in [3.63, 3.8) is 0 Å². The number of unbranched alkanes of at least 4 members (excludes halogenated alkanes) is 2. The quantitative estimate of drug-likeness (QED) is 0.655. The highest BCUT2D eigenvalue weighted by Gasteiger charge is 2.14. The van der Waals surface area contributed by atoms with E-state index in [0.29, 0.717) is 0 Å². The number of nitrogens with one attached hydrogen (secondary N) is 1. The lowest BCUT2D eigenvalue weighted by Crippen LogP contribution is -2.26. The molecule has 0 aliphatic carbocycles. The number of hydrogen-bond donors (Lipinski definition) is 1. The topological polar surface area (TPSA) is 15.3 Å². The summed E-state index contributed by atoms with van der Waals surface area (Å²) in [5.41, 5.74) is 0. The molecule has 0 spiro atoms. The molecule has 0 aromatic rings. The number of likely N-dealkylation sites (tertiary alicyclic amines) is 1. The summed E-state index contributed by atoms with van der Waals surface area (Å²) in [5, 5.41) is 3.40. The highest BCUT2D eigenvalue weighted by Crippen LogP contribution is 2.20. The van der Waals surface area contributed by atoms with Gasteiger partial charge in [0.25, 0.3) is 0 Å². The van der Waals surface area contributed by atoms with E-state index in [0.717, 1.165) is 12.5 Å². The van der Waals surface area contributed by atoms with E-state index in [9.17, 15) is 0 Å². The molecule has 0 bridgehead atoms. The van der Waals surface area contributed by atoms with Crippen molar-refractivity contribution in [1.29, 1.82) is 0 Å². The molecule has 0 radical (unpaired) electrons. The lowest BCUT2D eigenvalue weighted by molar-refractivity contribution is 0.273. The summed E-state index contributed by atoms with van der Waals surface area (Å²) in [5.74, 6) is 1.01. The number of rotatable bonds is 8. The Hall–Kier alpha value is -0.0800. The molecule has 1 atom stereocenters. The van der Waals surface area contributed by atoms with Gasteiger partial charge >= 0.3 is 0 Å². The van der Waals surface area contributed by atoms with E-state index in [4.69, 9.17) is 0 Å². The molecule has 1 aliphatic heterocycles. The van der Waals surface area contributed by atoms with Gasteiger partial charge < -0.3 is 10.2 Å². The third-order valence-corrected chi connectivity index (χ3v) is 4.10. The minimum atomic E-state index is 1.01. The van der Waals surface area contributed by atoms with Crippen LogP contribution in [0.25, 0.3) is 0 Å². The summed E-state index contributed by atoms with van der Waals surface area (Å²) in [4.78, 5) is 2.70. The first-order chi connectivity index (χ1) is 8.36. The predicted octanol–water partition coefficient (Wildman–Crippen LogP) is 3.28. The summed E-state index contributed by atoms with van der Waals surface area (Å²) >= 11 is 0. The van der Waals surface area contributed by atoms with Crippen LogP contribution in [-0.2, 0) is 0 Å². The first-order valence-corrected chi connectivity index (χ1v) is 7.79. The SMILES string of the molecule is CCNCCCCCN1CCCC(CC)CC1. The molecule has 0 saturated carbocycles. The minimum absolute atomic E-state index is 1.01. The van der Waals surface area contributed by atoms with Gasteiger partial charge in [-0.05, 0) is 70.7 Å². The molecule has 1 rings (SSSR count). The molecule has 1 aliphatic rings. The van der Waals surface area contributed by atoms with Gasteiger partial charge in [0.05, 0.1) is 0 Å². The summed E-state index contributed by atoms with van der Waals surface area (Å²) in [6.45, 7) is 10.9. The first-order valence-electron chi connectivity index (χ1n) is 7.79. The van der Waals surface area contributed by atoms with Crippen molar-refractivity contribution in [2.75, 3.05) is 32.7 Å². The summed E-state index contributed by atoms with van der Waals surface area (Å²) in [6.07, 6.45) is 9.84. The fourth-order valence-corrected chi connectivity index (χ4v) is 2.80. The van der Waals surface area contributed by atoms with Crippen LogP contribution in [-0.4, -0.2) is 37.6 Å². The maximum atomic E-state index is 3.40. The Bertz CT molecular complexity index is 170. The lowest BCUT2D eigenvalue weighted by Gasteiger charge is -2.19. The molecule has 1 N–H and O–H groups in total. The molecule has 0 aromatic carbocycles. The minimum Gasteiger partial charge on any atom is -0.317 e. The van der Waals surface area contributed by atoms with Crippen molar-refractivity contribution in [2.24, 2.45) is 5.92 Å². The Morgan fingerprint density at radius 2 is 1.94 bits per heavy atom. The van der Waals surface area contributed by atoms with Crippen molar-refractivity contribution < 1.29 is 0 Å². The maximum absolute atomic E-state index is 3.40. The van der Waals surface area contributed by atoms with Crippen LogP contribution in [0.1, 0.15) is 58.8 Å². The first kappa shape index (κ1) is 15.0. The molecular weight excluding hydrogens is 208 g/mol. The molecule has 1 fully saturated rings. The largest absolute Gasteiger partial charge is 0.317 e. The highest BCUT2D eigenvalue weighted by atomic mass is 15.1. The van der Waals surface area contributed by atoms with E-state index < -0.39 is 0 Å². The molecule has 1 heterocycles. The van der Waals surface area contributed by atoms with E-state index in [-0.39, 0.29) is 0 Å². The average molecular weight is 240 g/mol. The average Bonchev–Trinajstić information content (AvgIpc) is 2.59. The monoisotopic (exact) mass is 240 g/mol. The zero-order valence-corrected chi connectivity index (χ0v) is 12.0. The van der Waals surface area contributed by atoms with Gasteiger partial charge in [-0.3, -0.25) is 0 Å². The number of nitrogens with zero attached hydrogens (tertiary/aromatic N) is 1. The smallest absolute Gasteiger partial charge is 0.00161 e. The molecule has 17 heavy (non-hydrogen) atoms. The van der Waals surface area contributed by atoms with Crippen LogP contribution in [0, 0.1) is 5.92 Å². The fourth-order valence-electron chi connectivity index (χ4n) is 2.80. The van der Waals surface area contributed by atoms with Gasteiger partial charge in [0.1, 0.15) is 0 Å². The summed E-state index contributed by atoms with van der Waals surface area (Å²) in [6, 6.07) is 0. The van der Waals surface area contributed by atoms with E-state index in [1.165, 1.54) is 71.1 Å². The lowest BCUT2D eigenvalue weighted by atomic mass is 9.98. The van der Waals surface area contributed by atoms with Gasteiger partial charge in [-0.25, -0.2) is 0 Å². The van der Waals surface area contributed by atoms with Crippen LogP contribution in [0.15, 0.2) is 0 Å². The predicted molar refractivity (Wildman–Crippen MR) is 76.5 cm³/mol. The zero-order valence-electron chi connectivity index (χ0n) is 12.0. The second-order valence-corrected chi connectivity index (χ2v) is 5.46. The van der Waals surface area contributed by atoms with Crippen molar-refractivity contribution in [1.82, 2.24) is 10.2 Å². The Balaban J connectivity index is 1.99. The normalized spacial score (nSPS) is 22.6. The second kappa shape index (κ2) is 9.90. The van der Waals surface area contributed by atoms with Crippen molar-refractivity contribution in [2.45, 2.75) is 58.8 Å². The van der Waals surface area contributed by atoms with E-state index in [2.05, 4.69) is 24.1 Å². The standard InChI is InChI=1S/C15H32N2/c1-3-15-9-8-13-17(14-10-15)12-7-5-6-11-16-4-2/h15-16H,3-14H2,1-2H3. The van der Waals surface area contributed by atoms with Crippen LogP contribution in [0.5, 0.6) is 0 Å². The second-order valence-electron chi connectivity index (χ2n) is 5.46. The van der Waals surface area contributed by atoms with Gasteiger partial charge in [-0.2, -0.15) is 0 Å². The third-order valence-electron chi connectivity index (χ3n) is 4.10. The van der Waals surface area contributed by atoms with Crippen LogP contribution in [0.2, 0.25) is 0 Å². The molecule has 1 saturated heterocycles. The van der Waals surface area contributed by atoms with Crippen molar-refractivity contribution in [3.8, 4) is 0 Å². The van der Waals surface area contributed by atoms with Gasteiger partial charge in [-0.1, -0.05) is 26.7 Å². The van der Waals surface area contributed by atoms with Crippen LogP contribution >= 0.6 is 0 Å². The maximum Gasteiger partial charge on any atom is -0.00161 e. The summed E-state index contributed by atoms with van der Waals surface area (Å²) < 4.78 is 0. The number of hydrogen-bond acceptors (Lipinski definition) is 2. The molecule has 0 amide bonds. The molecule has 2 nitrogen and oxygen atoms in total. The highest BCUT2D eigenvalue weighted by molar-refractivity contribution is 4.69. The fraction of sp³-hybridized carbons (Fsp3) is 1.00. The molecule has 1 unspecified atom stereocenters. The molecular formula is C15H32N2. The third kappa shape index (κ3) is 7.05. The Morgan fingerprint density at radius 3 is 2.71 bits per heavy atom. The van der Waals surface area contributed by atoms with Crippen LogP contribution < -0.4 is 5.32 Å². The Morgan fingerprint density at radius 1 is 1.06 bits per heavy atom. The zero-order chi connectivity index (χ0) is 12.3. The Labute approximate surface area is 108 Å². The van der Waals surface area contributed by atoms with Crippen LogP contribution in [0.4, 0.5) is 0 Å². The summed E-state index contributed by atoms with van der Waals surface area (Å²) in [7, 11) is 0. The molecule has 2 heteroatoms. The van der Waals surface area contributed by atoms with E-state index in [1.807, 2.05) is 0 Å². The van der Waals surface area contributed by atoms with E-state index >= 15 is 0 Å². The van der Waals surface area contributed by atoms with Crippen LogP contribution in [0.3, 0.4) is 0 Å². The van der Waals surface area contributed by atoms with Crippen molar-refractivity contribution >= 4 is 0 Å². The van der Waals surface area contributed by atoms with Crippen molar-refractivity contribution in [3.05, 3.63) is 0 Å². The van der Waals surface area contributed by atoms with E-state index in [1.54, 1.807) is 0 Å². The van der Waals surface area contributed by atoms with Gasteiger partial charge in [0.2, 0.25) is 0 Å². The van der Waals surface area contributed by atoms with Gasteiger partial charge in [0.15, 0.2) is 0 Å². The molecule has 0 aromatic heterocycles. The Kier molecular flexibility index (Phi) is 8.72.